The Hall–Kier alpha value is -1.40. The monoisotopic (exact) mass is 329 g/mol. The van der Waals surface area contributed by atoms with E-state index in [4.69, 9.17) is 9.84 Å². The van der Waals surface area contributed by atoms with Crippen LogP contribution in [0.15, 0.2) is 22.7 Å². The molecule has 6 heteroatoms. The number of ether oxygens (including phenoxy) is 1. The number of hydrogen-bond acceptors (Lipinski definition) is 3. The van der Waals surface area contributed by atoms with Crippen molar-refractivity contribution in [1.29, 1.82) is 0 Å². The standard InChI is InChI=1S/C13H16BrNO4/c1-2-19-7-3-4-12(16)15-11-6-5-9(13(17)18)8-10(11)14/h5-6,8H,2-4,7H2,1H3,(H,15,16)(H,17,18). The molecule has 1 aromatic carbocycles. The first-order chi connectivity index (χ1) is 9.04. The lowest BCUT2D eigenvalue weighted by atomic mass is 10.2. The van der Waals surface area contributed by atoms with E-state index in [0.29, 0.717) is 36.2 Å². The molecule has 0 aromatic heterocycles. The van der Waals surface area contributed by atoms with E-state index in [0.717, 1.165) is 0 Å². The number of benzene rings is 1. The van der Waals surface area contributed by atoms with E-state index in [9.17, 15) is 9.59 Å². The van der Waals surface area contributed by atoms with E-state index in [2.05, 4.69) is 21.2 Å². The number of nitrogens with one attached hydrogen (secondary N) is 1. The summed E-state index contributed by atoms with van der Waals surface area (Å²) in [6, 6.07) is 4.47. The molecule has 0 atom stereocenters. The Morgan fingerprint density at radius 3 is 2.74 bits per heavy atom. The van der Waals surface area contributed by atoms with E-state index in [-0.39, 0.29) is 11.5 Å². The summed E-state index contributed by atoms with van der Waals surface area (Å²) < 4.78 is 5.69. The molecule has 104 valence electrons. The van der Waals surface area contributed by atoms with Crippen LogP contribution in [0.1, 0.15) is 30.1 Å². The first-order valence-corrected chi connectivity index (χ1v) is 6.74. The molecule has 0 aliphatic heterocycles. The number of halogens is 1. The van der Waals surface area contributed by atoms with Crippen LogP contribution in [-0.2, 0) is 9.53 Å². The van der Waals surface area contributed by atoms with Gasteiger partial charge in [-0.3, -0.25) is 4.79 Å². The van der Waals surface area contributed by atoms with Crippen LogP contribution in [0.4, 0.5) is 5.69 Å². The van der Waals surface area contributed by atoms with Gasteiger partial charge in [0.25, 0.3) is 0 Å². The highest BCUT2D eigenvalue weighted by molar-refractivity contribution is 9.10. The van der Waals surface area contributed by atoms with Crippen molar-refractivity contribution in [2.45, 2.75) is 19.8 Å². The lowest BCUT2D eigenvalue weighted by Crippen LogP contribution is -2.13. The molecular weight excluding hydrogens is 314 g/mol. The smallest absolute Gasteiger partial charge is 0.335 e. The van der Waals surface area contributed by atoms with Crippen LogP contribution in [0.3, 0.4) is 0 Å². The minimum Gasteiger partial charge on any atom is -0.478 e. The summed E-state index contributed by atoms with van der Waals surface area (Å²) in [6.45, 7) is 3.11. The van der Waals surface area contributed by atoms with Crippen molar-refractivity contribution in [2.24, 2.45) is 0 Å². The quantitative estimate of drug-likeness (QED) is 0.754. The molecule has 0 bridgehead atoms. The summed E-state index contributed by atoms with van der Waals surface area (Å²) in [5.41, 5.74) is 0.729. The largest absolute Gasteiger partial charge is 0.478 e. The SMILES string of the molecule is CCOCCCC(=O)Nc1ccc(C(=O)O)cc1Br. The van der Waals surface area contributed by atoms with Crippen LogP contribution in [0.25, 0.3) is 0 Å². The summed E-state index contributed by atoms with van der Waals surface area (Å²) >= 11 is 3.23. The van der Waals surface area contributed by atoms with Gasteiger partial charge in [-0.2, -0.15) is 0 Å². The molecule has 0 radical (unpaired) electrons. The Balaban J connectivity index is 2.52. The van der Waals surface area contributed by atoms with Crippen molar-refractivity contribution < 1.29 is 19.4 Å². The molecule has 0 saturated heterocycles. The summed E-state index contributed by atoms with van der Waals surface area (Å²) in [6.07, 6.45) is 1.03. The number of anilines is 1. The summed E-state index contributed by atoms with van der Waals surface area (Å²) in [7, 11) is 0. The number of carbonyl (C=O) groups excluding carboxylic acids is 1. The predicted molar refractivity (Wildman–Crippen MR) is 75.5 cm³/mol. The minimum absolute atomic E-state index is 0.122. The van der Waals surface area contributed by atoms with Gasteiger partial charge in [0.05, 0.1) is 11.3 Å². The number of carboxylic acid groups (broad SMARTS) is 1. The average Bonchev–Trinajstić information content (AvgIpc) is 2.37. The normalized spacial score (nSPS) is 10.2. The summed E-state index contributed by atoms with van der Waals surface area (Å²) in [4.78, 5) is 22.4. The Morgan fingerprint density at radius 2 is 2.16 bits per heavy atom. The van der Waals surface area contributed by atoms with Gasteiger partial charge in [0, 0.05) is 24.1 Å². The topological polar surface area (TPSA) is 75.6 Å². The molecular formula is C13H16BrNO4. The van der Waals surface area contributed by atoms with Gasteiger partial charge >= 0.3 is 5.97 Å². The third-order valence-electron chi connectivity index (χ3n) is 2.39. The highest BCUT2D eigenvalue weighted by Crippen LogP contribution is 2.23. The second-order valence-electron chi connectivity index (χ2n) is 3.85. The third-order valence-corrected chi connectivity index (χ3v) is 3.04. The van der Waals surface area contributed by atoms with Gasteiger partial charge in [0.1, 0.15) is 0 Å². The third kappa shape index (κ3) is 5.40. The second kappa shape index (κ2) is 7.91. The van der Waals surface area contributed by atoms with Crippen LogP contribution in [0.2, 0.25) is 0 Å². The highest BCUT2D eigenvalue weighted by atomic mass is 79.9. The van der Waals surface area contributed by atoms with Crippen molar-refractivity contribution in [1.82, 2.24) is 0 Å². The Morgan fingerprint density at radius 1 is 1.42 bits per heavy atom. The highest BCUT2D eigenvalue weighted by Gasteiger charge is 2.09. The minimum atomic E-state index is -1.00. The maximum atomic E-state index is 11.6. The van der Waals surface area contributed by atoms with Crippen molar-refractivity contribution in [3.63, 3.8) is 0 Å². The first-order valence-electron chi connectivity index (χ1n) is 5.95. The molecule has 0 unspecified atom stereocenters. The van der Waals surface area contributed by atoms with Gasteiger partial charge < -0.3 is 15.2 Å². The van der Waals surface area contributed by atoms with Crippen LogP contribution in [0, 0.1) is 0 Å². The fourth-order valence-corrected chi connectivity index (χ4v) is 1.92. The molecule has 1 rings (SSSR count). The second-order valence-corrected chi connectivity index (χ2v) is 4.70. The van der Waals surface area contributed by atoms with E-state index in [1.165, 1.54) is 12.1 Å². The molecule has 1 aromatic rings. The van der Waals surface area contributed by atoms with Gasteiger partial charge in [-0.1, -0.05) is 0 Å². The molecule has 0 heterocycles. The Kier molecular flexibility index (Phi) is 6.52. The van der Waals surface area contributed by atoms with Gasteiger partial charge in [0.2, 0.25) is 5.91 Å². The molecule has 0 spiro atoms. The summed E-state index contributed by atoms with van der Waals surface area (Å²) in [5, 5.41) is 11.5. The van der Waals surface area contributed by atoms with Crippen LogP contribution >= 0.6 is 15.9 Å². The van der Waals surface area contributed by atoms with E-state index >= 15 is 0 Å². The van der Waals surface area contributed by atoms with E-state index in [1.54, 1.807) is 6.07 Å². The molecule has 2 N–H and O–H groups in total. The van der Waals surface area contributed by atoms with E-state index < -0.39 is 5.97 Å². The molecule has 1 amide bonds. The maximum Gasteiger partial charge on any atom is 0.335 e. The molecule has 0 aliphatic carbocycles. The Labute approximate surface area is 120 Å². The zero-order chi connectivity index (χ0) is 14.3. The fraction of sp³-hybridized carbons (Fsp3) is 0.385. The molecule has 19 heavy (non-hydrogen) atoms. The average molecular weight is 330 g/mol. The van der Waals surface area contributed by atoms with E-state index in [1.807, 2.05) is 6.92 Å². The van der Waals surface area contributed by atoms with Crippen molar-refractivity contribution in [3.05, 3.63) is 28.2 Å². The molecule has 0 aliphatic rings. The number of carbonyl (C=O) groups is 2. The van der Waals surface area contributed by atoms with Crippen LogP contribution < -0.4 is 5.32 Å². The number of amides is 1. The zero-order valence-corrected chi connectivity index (χ0v) is 12.2. The lowest BCUT2D eigenvalue weighted by Gasteiger charge is -2.08. The van der Waals surface area contributed by atoms with Gasteiger partial charge in [-0.05, 0) is 47.5 Å². The van der Waals surface area contributed by atoms with Gasteiger partial charge in [-0.25, -0.2) is 4.79 Å². The van der Waals surface area contributed by atoms with Gasteiger partial charge in [0.15, 0.2) is 0 Å². The van der Waals surface area contributed by atoms with Crippen LogP contribution in [0.5, 0.6) is 0 Å². The number of hydrogen-bond donors (Lipinski definition) is 2. The summed E-state index contributed by atoms with van der Waals surface area (Å²) in [5.74, 6) is -1.13. The molecule has 0 saturated carbocycles. The fourth-order valence-electron chi connectivity index (χ4n) is 1.44. The van der Waals surface area contributed by atoms with Crippen molar-refractivity contribution in [2.75, 3.05) is 18.5 Å². The van der Waals surface area contributed by atoms with Crippen molar-refractivity contribution >= 4 is 33.5 Å². The zero-order valence-electron chi connectivity index (χ0n) is 10.6. The molecule has 0 fully saturated rings. The maximum absolute atomic E-state index is 11.6. The predicted octanol–water partition coefficient (Wildman–Crippen LogP) is 2.90. The number of rotatable bonds is 7. The lowest BCUT2D eigenvalue weighted by molar-refractivity contribution is -0.116. The number of aromatic carboxylic acids is 1. The molecule has 5 nitrogen and oxygen atoms in total. The van der Waals surface area contributed by atoms with Gasteiger partial charge in [-0.15, -0.1) is 0 Å². The first kappa shape index (κ1) is 15.7. The van der Waals surface area contributed by atoms with Crippen molar-refractivity contribution in [3.8, 4) is 0 Å². The number of carboxylic acids is 1. The van der Waals surface area contributed by atoms with Crippen LogP contribution in [-0.4, -0.2) is 30.2 Å². The Bertz CT molecular complexity index is 462.